The van der Waals surface area contributed by atoms with Crippen molar-refractivity contribution in [3.63, 3.8) is 0 Å². The molecule has 1 aliphatic rings. The second kappa shape index (κ2) is 4.67. The van der Waals surface area contributed by atoms with Crippen LogP contribution in [0.5, 0.6) is 5.75 Å². The molecule has 2 rings (SSSR count). The normalized spacial score (nSPS) is 21.9. The summed E-state index contributed by atoms with van der Waals surface area (Å²) in [5, 5.41) is 4.04. The van der Waals surface area contributed by atoms with E-state index in [0.29, 0.717) is 6.10 Å². The highest BCUT2D eigenvalue weighted by atomic mass is 35.5. The van der Waals surface area contributed by atoms with Crippen molar-refractivity contribution in [3.05, 3.63) is 29.3 Å². The van der Waals surface area contributed by atoms with Gasteiger partial charge in [0.25, 0.3) is 0 Å². The molecule has 1 heterocycles. The molecule has 1 aliphatic heterocycles. The molecule has 76 valence electrons. The highest BCUT2D eigenvalue weighted by Gasteiger charge is 2.13. The number of ether oxygens (including phenoxy) is 1. The summed E-state index contributed by atoms with van der Waals surface area (Å²) >= 11 is 5.87. The van der Waals surface area contributed by atoms with E-state index in [4.69, 9.17) is 16.3 Å². The number of nitrogens with one attached hydrogen (secondary N) is 1. The van der Waals surface area contributed by atoms with Gasteiger partial charge in [0.15, 0.2) is 0 Å². The van der Waals surface area contributed by atoms with Crippen LogP contribution in [-0.2, 0) is 0 Å². The average molecular weight is 212 g/mol. The van der Waals surface area contributed by atoms with E-state index in [1.807, 2.05) is 24.3 Å². The Balaban J connectivity index is 1.95. The molecular weight excluding hydrogens is 198 g/mol. The zero-order valence-electron chi connectivity index (χ0n) is 8.00. The van der Waals surface area contributed by atoms with E-state index in [9.17, 15) is 0 Å². The first-order valence-electron chi connectivity index (χ1n) is 4.97. The quantitative estimate of drug-likeness (QED) is 0.812. The molecule has 0 saturated carbocycles. The van der Waals surface area contributed by atoms with Gasteiger partial charge in [-0.15, -0.1) is 0 Å². The van der Waals surface area contributed by atoms with Crippen molar-refractivity contribution in [2.24, 2.45) is 0 Å². The predicted octanol–water partition coefficient (Wildman–Crippen LogP) is 2.47. The van der Waals surface area contributed by atoms with Crippen LogP contribution in [0.15, 0.2) is 24.3 Å². The van der Waals surface area contributed by atoms with Crippen molar-refractivity contribution in [3.8, 4) is 5.75 Å². The summed E-state index contributed by atoms with van der Waals surface area (Å²) in [6.07, 6.45) is 2.60. The van der Waals surface area contributed by atoms with Crippen LogP contribution in [0.4, 0.5) is 0 Å². The Morgan fingerprint density at radius 3 is 3.07 bits per heavy atom. The van der Waals surface area contributed by atoms with Gasteiger partial charge in [0, 0.05) is 11.6 Å². The fourth-order valence-corrected chi connectivity index (χ4v) is 1.83. The highest BCUT2D eigenvalue weighted by Crippen LogP contribution is 2.19. The Hall–Kier alpha value is -0.730. The van der Waals surface area contributed by atoms with Crippen LogP contribution >= 0.6 is 11.6 Å². The van der Waals surface area contributed by atoms with Gasteiger partial charge in [-0.25, -0.2) is 0 Å². The van der Waals surface area contributed by atoms with E-state index < -0.39 is 0 Å². The number of halogens is 1. The standard InChI is InChI=1S/C11H14ClNO/c12-9-3-1-4-10(7-9)14-11-5-2-6-13-8-11/h1,3-4,7,11,13H,2,5-6,8H2/t11-/m1/s1. The number of rotatable bonds is 2. The molecule has 3 heteroatoms. The molecule has 0 bridgehead atoms. The Morgan fingerprint density at radius 1 is 1.43 bits per heavy atom. The van der Waals surface area contributed by atoms with E-state index in [-0.39, 0.29) is 0 Å². The predicted molar refractivity (Wildman–Crippen MR) is 58.0 cm³/mol. The number of piperidine rings is 1. The molecule has 0 spiro atoms. The van der Waals surface area contributed by atoms with Crippen molar-refractivity contribution in [2.45, 2.75) is 18.9 Å². The minimum absolute atomic E-state index is 0.294. The van der Waals surface area contributed by atoms with E-state index in [1.165, 1.54) is 6.42 Å². The first-order valence-corrected chi connectivity index (χ1v) is 5.35. The zero-order valence-corrected chi connectivity index (χ0v) is 8.76. The SMILES string of the molecule is Clc1cccc(O[C@@H]2CCCNC2)c1. The summed E-state index contributed by atoms with van der Waals surface area (Å²) in [5.41, 5.74) is 0. The van der Waals surface area contributed by atoms with Gasteiger partial charge in [0.1, 0.15) is 11.9 Å². The zero-order chi connectivity index (χ0) is 9.80. The molecule has 14 heavy (non-hydrogen) atoms. The lowest BCUT2D eigenvalue weighted by molar-refractivity contribution is 0.167. The van der Waals surface area contributed by atoms with Gasteiger partial charge < -0.3 is 10.1 Å². The lowest BCUT2D eigenvalue weighted by Gasteiger charge is -2.23. The molecule has 1 saturated heterocycles. The summed E-state index contributed by atoms with van der Waals surface area (Å²) < 4.78 is 5.79. The maximum absolute atomic E-state index is 5.87. The Kier molecular flexibility index (Phi) is 3.27. The monoisotopic (exact) mass is 211 g/mol. The largest absolute Gasteiger partial charge is 0.489 e. The first kappa shape index (κ1) is 9.81. The Labute approximate surface area is 89.2 Å². The van der Waals surface area contributed by atoms with Crippen LogP contribution < -0.4 is 10.1 Å². The van der Waals surface area contributed by atoms with Crippen molar-refractivity contribution < 1.29 is 4.74 Å². The molecule has 1 N–H and O–H groups in total. The molecule has 0 unspecified atom stereocenters. The molecular formula is C11H14ClNO. The van der Waals surface area contributed by atoms with Gasteiger partial charge in [0.05, 0.1) is 0 Å². The Bertz CT molecular complexity index is 297. The average Bonchev–Trinajstić information content (AvgIpc) is 2.19. The third-order valence-corrected chi connectivity index (χ3v) is 2.59. The lowest BCUT2D eigenvalue weighted by atomic mass is 10.1. The lowest BCUT2D eigenvalue weighted by Crippen LogP contribution is -2.37. The maximum Gasteiger partial charge on any atom is 0.121 e. The molecule has 0 aliphatic carbocycles. The van der Waals surface area contributed by atoms with Gasteiger partial charge in [-0.3, -0.25) is 0 Å². The number of benzene rings is 1. The Morgan fingerprint density at radius 2 is 2.36 bits per heavy atom. The topological polar surface area (TPSA) is 21.3 Å². The van der Waals surface area contributed by atoms with Crippen LogP contribution in [0.2, 0.25) is 5.02 Å². The summed E-state index contributed by atoms with van der Waals surface area (Å²) in [4.78, 5) is 0. The molecule has 1 aromatic rings. The minimum atomic E-state index is 0.294. The minimum Gasteiger partial charge on any atom is -0.489 e. The van der Waals surface area contributed by atoms with Crippen molar-refractivity contribution in [1.82, 2.24) is 5.32 Å². The molecule has 1 atom stereocenters. The van der Waals surface area contributed by atoms with Gasteiger partial charge in [-0.1, -0.05) is 17.7 Å². The maximum atomic E-state index is 5.87. The van der Waals surface area contributed by atoms with Crippen LogP contribution in [0, 0.1) is 0 Å². The third-order valence-electron chi connectivity index (χ3n) is 2.35. The van der Waals surface area contributed by atoms with E-state index in [2.05, 4.69) is 5.32 Å². The van der Waals surface area contributed by atoms with Crippen LogP contribution in [0.1, 0.15) is 12.8 Å². The van der Waals surface area contributed by atoms with Gasteiger partial charge in [-0.05, 0) is 37.6 Å². The molecule has 0 radical (unpaired) electrons. The fourth-order valence-electron chi connectivity index (χ4n) is 1.65. The number of hydrogen-bond acceptors (Lipinski definition) is 2. The molecule has 2 nitrogen and oxygen atoms in total. The fraction of sp³-hybridized carbons (Fsp3) is 0.455. The van der Waals surface area contributed by atoms with Crippen LogP contribution in [0.25, 0.3) is 0 Å². The highest BCUT2D eigenvalue weighted by molar-refractivity contribution is 6.30. The molecule has 1 fully saturated rings. The third kappa shape index (κ3) is 2.63. The first-order chi connectivity index (χ1) is 6.84. The molecule has 0 aromatic heterocycles. The smallest absolute Gasteiger partial charge is 0.121 e. The van der Waals surface area contributed by atoms with Gasteiger partial charge in [0.2, 0.25) is 0 Å². The molecule has 1 aromatic carbocycles. The van der Waals surface area contributed by atoms with Crippen molar-refractivity contribution in [1.29, 1.82) is 0 Å². The summed E-state index contributed by atoms with van der Waals surface area (Å²) in [6.45, 7) is 2.04. The van der Waals surface area contributed by atoms with Gasteiger partial charge in [-0.2, -0.15) is 0 Å². The second-order valence-electron chi connectivity index (χ2n) is 3.54. The summed E-state index contributed by atoms with van der Waals surface area (Å²) in [7, 11) is 0. The van der Waals surface area contributed by atoms with E-state index in [0.717, 1.165) is 30.3 Å². The van der Waals surface area contributed by atoms with Crippen LogP contribution in [0.3, 0.4) is 0 Å². The van der Waals surface area contributed by atoms with E-state index >= 15 is 0 Å². The van der Waals surface area contributed by atoms with Crippen LogP contribution in [-0.4, -0.2) is 19.2 Å². The summed E-state index contributed by atoms with van der Waals surface area (Å²) in [6, 6.07) is 7.57. The van der Waals surface area contributed by atoms with Crippen molar-refractivity contribution in [2.75, 3.05) is 13.1 Å². The van der Waals surface area contributed by atoms with Crippen molar-refractivity contribution >= 4 is 11.6 Å². The second-order valence-corrected chi connectivity index (χ2v) is 3.98. The molecule has 0 amide bonds. The number of hydrogen-bond donors (Lipinski definition) is 1. The van der Waals surface area contributed by atoms with Gasteiger partial charge >= 0.3 is 0 Å². The summed E-state index contributed by atoms with van der Waals surface area (Å²) in [5.74, 6) is 0.867. The van der Waals surface area contributed by atoms with E-state index in [1.54, 1.807) is 0 Å².